The second-order valence-electron chi connectivity index (χ2n) is 4.57. The predicted molar refractivity (Wildman–Crippen MR) is 70.1 cm³/mol. The lowest BCUT2D eigenvalue weighted by molar-refractivity contribution is 0.0994. The molecule has 2 aromatic heterocycles. The number of anilines is 1. The lowest BCUT2D eigenvalue weighted by atomic mass is 10.1. The van der Waals surface area contributed by atoms with E-state index < -0.39 is 0 Å². The highest BCUT2D eigenvalue weighted by Crippen LogP contribution is 2.18. The van der Waals surface area contributed by atoms with Gasteiger partial charge in [-0.3, -0.25) is 0 Å². The molecule has 18 heavy (non-hydrogen) atoms. The van der Waals surface area contributed by atoms with Gasteiger partial charge in [0.1, 0.15) is 0 Å². The maximum absolute atomic E-state index is 5.91. The molecule has 2 aromatic rings. The zero-order valence-corrected chi connectivity index (χ0v) is 10.9. The molecule has 1 aliphatic rings. The molecule has 3 rings (SSSR count). The van der Waals surface area contributed by atoms with Gasteiger partial charge in [-0.1, -0.05) is 11.6 Å². The van der Waals surface area contributed by atoms with Crippen LogP contribution in [-0.2, 0) is 4.74 Å². The van der Waals surface area contributed by atoms with Gasteiger partial charge in [-0.15, -0.1) is 5.10 Å². The average molecular weight is 267 g/mol. The van der Waals surface area contributed by atoms with Crippen LogP contribution in [0.3, 0.4) is 0 Å². The Morgan fingerprint density at radius 3 is 3.22 bits per heavy atom. The number of ether oxygens (including phenoxy) is 1. The first-order chi connectivity index (χ1) is 8.72. The van der Waals surface area contributed by atoms with Crippen molar-refractivity contribution < 1.29 is 4.74 Å². The van der Waals surface area contributed by atoms with Crippen LogP contribution < -0.4 is 5.32 Å². The van der Waals surface area contributed by atoms with E-state index in [9.17, 15) is 0 Å². The van der Waals surface area contributed by atoms with Crippen LogP contribution in [0.2, 0.25) is 5.02 Å². The Labute approximate surface area is 110 Å². The van der Waals surface area contributed by atoms with E-state index in [2.05, 4.69) is 22.3 Å². The Bertz CT molecular complexity index is 550. The first-order valence-corrected chi connectivity index (χ1v) is 6.50. The number of aromatic nitrogens is 3. The second-order valence-corrected chi connectivity index (χ2v) is 5.01. The fraction of sp³-hybridized carbons (Fsp3) is 0.500. The van der Waals surface area contributed by atoms with E-state index in [0.29, 0.717) is 11.0 Å². The molecule has 1 saturated heterocycles. The third kappa shape index (κ3) is 2.28. The van der Waals surface area contributed by atoms with Gasteiger partial charge in [0.15, 0.2) is 5.65 Å². The fourth-order valence-corrected chi connectivity index (χ4v) is 2.37. The SMILES string of the molecule is CC(Nc1nc2ccc(Cl)cn2n1)C1CCCO1. The van der Waals surface area contributed by atoms with Gasteiger partial charge >= 0.3 is 0 Å². The van der Waals surface area contributed by atoms with Crippen molar-refractivity contribution in [2.75, 3.05) is 11.9 Å². The van der Waals surface area contributed by atoms with Crippen molar-refractivity contribution in [3.05, 3.63) is 23.4 Å². The van der Waals surface area contributed by atoms with Crippen molar-refractivity contribution in [1.82, 2.24) is 14.6 Å². The summed E-state index contributed by atoms with van der Waals surface area (Å²) in [6.45, 7) is 2.94. The van der Waals surface area contributed by atoms with E-state index in [1.165, 1.54) is 0 Å². The van der Waals surface area contributed by atoms with E-state index in [0.717, 1.165) is 25.1 Å². The Kier molecular flexibility index (Phi) is 3.09. The molecule has 0 aromatic carbocycles. The first kappa shape index (κ1) is 11.7. The van der Waals surface area contributed by atoms with E-state index in [1.54, 1.807) is 16.8 Å². The molecule has 0 radical (unpaired) electrons. The van der Waals surface area contributed by atoms with Gasteiger partial charge in [0.05, 0.1) is 17.2 Å². The van der Waals surface area contributed by atoms with E-state index in [1.807, 2.05) is 6.07 Å². The molecular formula is C12H15ClN4O. The lowest BCUT2D eigenvalue weighted by Gasteiger charge is -2.18. The van der Waals surface area contributed by atoms with Gasteiger partial charge in [-0.05, 0) is 31.9 Å². The number of nitrogens with one attached hydrogen (secondary N) is 1. The quantitative estimate of drug-likeness (QED) is 0.927. The minimum atomic E-state index is 0.209. The number of rotatable bonds is 3. The zero-order chi connectivity index (χ0) is 12.5. The van der Waals surface area contributed by atoms with Gasteiger partial charge in [-0.2, -0.15) is 4.98 Å². The standard InChI is InChI=1S/C12H15ClN4O/c1-8(10-3-2-6-18-10)14-12-15-11-5-4-9(13)7-17(11)16-12/h4-5,7-8,10H,2-3,6H2,1H3,(H,14,16). The van der Waals surface area contributed by atoms with Gasteiger partial charge in [-0.25, -0.2) is 4.52 Å². The Morgan fingerprint density at radius 1 is 1.56 bits per heavy atom. The van der Waals surface area contributed by atoms with Crippen LogP contribution in [0.25, 0.3) is 5.65 Å². The Morgan fingerprint density at radius 2 is 2.44 bits per heavy atom. The molecular weight excluding hydrogens is 252 g/mol. The molecule has 1 N–H and O–H groups in total. The highest BCUT2D eigenvalue weighted by molar-refractivity contribution is 6.30. The monoisotopic (exact) mass is 266 g/mol. The van der Waals surface area contributed by atoms with Crippen LogP contribution in [-0.4, -0.2) is 33.4 Å². The summed E-state index contributed by atoms with van der Waals surface area (Å²) in [6.07, 6.45) is 4.21. The molecule has 6 heteroatoms. The van der Waals surface area contributed by atoms with Crippen molar-refractivity contribution in [2.24, 2.45) is 0 Å². The summed E-state index contributed by atoms with van der Waals surface area (Å²) in [5.41, 5.74) is 0.779. The van der Waals surface area contributed by atoms with E-state index in [-0.39, 0.29) is 12.1 Å². The molecule has 1 aliphatic heterocycles. The van der Waals surface area contributed by atoms with E-state index >= 15 is 0 Å². The molecule has 0 bridgehead atoms. The number of fused-ring (bicyclic) bond motifs is 1. The molecule has 0 saturated carbocycles. The maximum Gasteiger partial charge on any atom is 0.243 e. The van der Waals surface area contributed by atoms with Gasteiger partial charge < -0.3 is 10.1 Å². The van der Waals surface area contributed by atoms with Crippen LogP contribution in [0.5, 0.6) is 0 Å². The van der Waals surface area contributed by atoms with Crippen molar-refractivity contribution in [3.8, 4) is 0 Å². The summed E-state index contributed by atoms with van der Waals surface area (Å²) in [7, 11) is 0. The van der Waals surface area contributed by atoms with E-state index in [4.69, 9.17) is 16.3 Å². The average Bonchev–Trinajstić information content (AvgIpc) is 2.95. The van der Waals surface area contributed by atoms with Crippen molar-refractivity contribution in [3.63, 3.8) is 0 Å². The van der Waals surface area contributed by atoms with Crippen LogP contribution in [0, 0.1) is 0 Å². The van der Waals surface area contributed by atoms with Gasteiger partial charge in [0.2, 0.25) is 5.95 Å². The summed E-state index contributed by atoms with van der Waals surface area (Å²) >= 11 is 5.91. The minimum absolute atomic E-state index is 0.209. The number of nitrogens with zero attached hydrogens (tertiary/aromatic N) is 3. The molecule has 1 fully saturated rings. The maximum atomic E-state index is 5.91. The molecule has 3 heterocycles. The Hall–Kier alpha value is -1.33. The first-order valence-electron chi connectivity index (χ1n) is 6.12. The third-order valence-electron chi connectivity index (χ3n) is 3.17. The zero-order valence-electron chi connectivity index (χ0n) is 10.1. The smallest absolute Gasteiger partial charge is 0.243 e. The van der Waals surface area contributed by atoms with Crippen molar-refractivity contribution >= 4 is 23.2 Å². The highest BCUT2D eigenvalue weighted by Gasteiger charge is 2.23. The molecule has 0 aliphatic carbocycles. The largest absolute Gasteiger partial charge is 0.376 e. The van der Waals surface area contributed by atoms with Crippen LogP contribution >= 0.6 is 11.6 Å². The number of hydrogen-bond acceptors (Lipinski definition) is 4. The van der Waals surface area contributed by atoms with Crippen LogP contribution in [0.1, 0.15) is 19.8 Å². The topological polar surface area (TPSA) is 51.5 Å². The third-order valence-corrected chi connectivity index (χ3v) is 3.40. The summed E-state index contributed by atoms with van der Waals surface area (Å²) in [4.78, 5) is 4.39. The molecule has 2 atom stereocenters. The molecule has 96 valence electrons. The normalized spacial score (nSPS) is 21.3. The van der Waals surface area contributed by atoms with Crippen LogP contribution in [0.4, 0.5) is 5.95 Å². The molecule has 0 amide bonds. The summed E-state index contributed by atoms with van der Waals surface area (Å²) in [5, 5.41) is 8.27. The molecule has 5 nitrogen and oxygen atoms in total. The number of halogens is 1. The molecule has 0 spiro atoms. The van der Waals surface area contributed by atoms with Crippen molar-refractivity contribution in [2.45, 2.75) is 31.9 Å². The van der Waals surface area contributed by atoms with Gasteiger partial charge in [0, 0.05) is 12.8 Å². The number of hydrogen-bond donors (Lipinski definition) is 1. The Balaban J connectivity index is 1.77. The number of pyridine rings is 1. The summed E-state index contributed by atoms with van der Waals surface area (Å²) in [5.74, 6) is 0.611. The molecule has 2 unspecified atom stereocenters. The van der Waals surface area contributed by atoms with Crippen molar-refractivity contribution in [1.29, 1.82) is 0 Å². The fourth-order valence-electron chi connectivity index (χ4n) is 2.21. The summed E-state index contributed by atoms with van der Waals surface area (Å²) in [6, 6.07) is 3.86. The minimum Gasteiger partial charge on any atom is -0.376 e. The van der Waals surface area contributed by atoms with Crippen LogP contribution in [0.15, 0.2) is 18.3 Å². The second kappa shape index (κ2) is 4.74. The van der Waals surface area contributed by atoms with Gasteiger partial charge in [0.25, 0.3) is 0 Å². The lowest BCUT2D eigenvalue weighted by Crippen LogP contribution is -2.30. The predicted octanol–water partition coefficient (Wildman–Crippen LogP) is 2.36. The highest BCUT2D eigenvalue weighted by atomic mass is 35.5. The summed E-state index contributed by atoms with van der Waals surface area (Å²) < 4.78 is 7.31.